The molecular formula is C22H21NO6. The number of carbonyl (C=O) groups is 2. The van der Waals surface area contributed by atoms with Crippen molar-refractivity contribution in [2.45, 2.75) is 13.8 Å². The van der Waals surface area contributed by atoms with Gasteiger partial charge in [-0.15, -0.1) is 0 Å². The molecule has 1 heterocycles. The van der Waals surface area contributed by atoms with Crippen LogP contribution < -0.4 is 0 Å². The summed E-state index contributed by atoms with van der Waals surface area (Å²) in [6.45, 7) is 3.70. The molecule has 0 unspecified atom stereocenters. The van der Waals surface area contributed by atoms with Crippen molar-refractivity contribution in [1.29, 1.82) is 0 Å². The Labute approximate surface area is 167 Å². The van der Waals surface area contributed by atoms with Crippen molar-refractivity contribution in [3.05, 3.63) is 59.9 Å². The number of nitrogens with one attached hydrogen (secondary N) is 1. The summed E-state index contributed by atoms with van der Waals surface area (Å²) in [5, 5.41) is 19.3. The highest BCUT2D eigenvalue weighted by Gasteiger charge is 2.29. The molecule has 0 fully saturated rings. The van der Waals surface area contributed by atoms with Gasteiger partial charge in [0.05, 0.1) is 13.2 Å². The molecule has 0 radical (unpaired) electrons. The van der Waals surface area contributed by atoms with Gasteiger partial charge >= 0.3 is 11.9 Å². The summed E-state index contributed by atoms with van der Waals surface area (Å²) in [5.74, 6) is -1.10. The van der Waals surface area contributed by atoms with E-state index in [2.05, 4.69) is 4.98 Å². The molecule has 3 rings (SSSR count). The van der Waals surface area contributed by atoms with E-state index in [0.29, 0.717) is 22.3 Å². The summed E-state index contributed by atoms with van der Waals surface area (Å²) in [6, 6.07) is 12.5. The summed E-state index contributed by atoms with van der Waals surface area (Å²) >= 11 is 0. The topological polar surface area (TPSA) is 109 Å². The van der Waals surface area contributed by atoms with Crippen LogP contribution in [0.3, 0.4) is 0 Å². The fraction of sp³-hybridized carbons (Fsp3) is 0.182. The van der Waals surface area contributed by atoms with Crippen LogP contribution in [0.4, 0.5) is 0 Å². The minimum Gasteiger partial charge on any atom is -0.508 e. The molecule has 7 heteroatoms. The van der Waals surface area contributed by atoms with Crippen LogP contribution in [0.25, 0.3) is 22.3 Å². The Morgan fingerprint density at radius 2 is 1.07 bits per heavy atom. The number of phenolic OH excluding ortho intramolecular Hbond substituents is 2. The molecule has 0 saturated heterocycles. The summed E-state index contributed by atoms with van der Waals surface area (Å²) in [4.78, 5) is 28.2. The lowest BCUT2D eigenvalue weighted by molar-refractivity contribution is 0.0516. The van der Waals surface area contributed by atoms with Crippen LogP contribution in [0.1, 0.15) is 34.8 Å². The molecule has 0 aliphatic rings. The average molecular weight is 395 g/mol. The Kier molecular flexibility index (Phi) is 5.87. The lowest BCUT2D eigenvalue weighted by Crippen LogP contribution is -2.09. The SMILES string of the molecule is CCOC(=O)c1[nH]c(C(=O)OCC)c(-c2ccc(O)cc2)c1-c1ccc(O)cc1. The predicted molar refractivity (Wildman–Crippen MR) is 107 cm³/mol. The molecule has 7 nitrogen and oxygen atoms in total. The third-order valence-corrected chi connectivity index (χ3v) is 4.27. The minimum absolute atomic E-state index is 0.0683. The zero-order valence-corrected chi connectivity index (χ0v) is 16.1. The number of H-pyrrole nitrogens is 1. The second-order valence-corrected chi connectivity index (χ2v) is 6.16. The number of aromatic amines is 1. The molecule has 3 N–H and O–H groups in total. The first-order valence-electron chi connectivity index (χ1n) is 9.15. The zero-order chi connectivity index (χ0) is 21.0. The van der Waals surface area contributed by atoms with E-state index in [0.717, 1.165) is 0 Å². The van der Waals surface area contributed by atoms with E-state index in [-0.39, 0.29) is 36.1 Å². The fourth-order valence-electron chi connectivity index (χ4n) is 3.05. The number of hydrogen-bond donors (Lipinski definition) is 3. The number of carbonyl (C=O) groups excluding carboxylic acids is 2. The number of benzene rings is 2. The minimum atomic E-state index is -0.619. The second-order valence-electron chi connectivity index (χ2n) is 6.16. The van der Waals surface area contributed by atoms with Crippen molar-refractivity contribution in [2.75, 3.05) is 13.2 Å². The van der Waals surface area contributed by atoms with Gasteiger partial charge in [-0.05, 0) is 49.2 Å². The number of aromatic nitrogens is 1. The van der Waals surface area contributed by atoms with Crippen molar-refractivity contribution in [1.82, 2.24) is 4.98 Å². The van der Waals surface area contributed by atoms with Crippen molar-refractivity contribution in [2.24, 2.45) is 0 Å². The number of ether oxygens (including phenoxy) is 2. The maximum Gasteiger partial charge on any atom is 0.355 e. The maximum absolute atomic E-state index is 12.6. The van der Waals surface area contributed by atoms with Crippen LogP contribution in [0.2, 0.25) is 0 Å². The Morgan fingerprint density at radius 3 is 1.38 bits per heavy atom. The predicted octanol–water partition coefficient (Wildman–Crippen LogP) is 4.11. The number of hydrogen-bond acceptors (Lipinski definition) is 6. The summed E-state index contributed by atoms with van der Waals surface area (Å²) in [7, 11) is 0. The molecular weight excluding hydrogens is 374 g/mol. The summed E-state index contributed by atoms with van der Waals surface area (Å²) in [5.41, 5.74) is 2.28. The molecule has 3 aromatic rings. The van der Waals surface area contributed by atoms with Crippen molar-refractivity contribution in [3.63, 3.8) is 0 Å². The van der Waals surface area contributed by atoms with Gasteiger partial charge in [0.1, 0.15) is 22.9 Å². The third-order valence-electron chi connectivity index (χ3n) is 4.27. The highest BCUT2D eigenvalue weighted by atomic mass is 16.5. The molecule has 29 heavy (non-hydrogen) atoms. The zero-order valence-electron chi connectivity index (χ0n) is 16.1. The van der Waals surface area contributed by atoms with E-state index in [1.54, 1.807) is 38.1 Å². The molecule has 0 amide bonds. The Morgan fingerprint density at radius 1 is 0.724 bits per heavy atom. The molecule has 0 aliphatic carbocycles. The number of esters is 2. The third kappa shape index (κ3) is 4.08. The largest absolute Gasteiger partial charge is 0.508 e. The fourth-order valence-corrected chi connectivity index (χ4v) is 3.05. The molecule has 150 valence electrons. The summed E-state index contributed by atoms with van der Waals surface area (Å²) in [6.07, 6.45) is 0. The van der Waals surface area contributed by atoms with Gasteiger partial charge in [-0.25, -0.2) is 9.59 Å². The van der Waals surface area contributed by atoms with Gasteiger partial charge in [-0.1, -0.05) is 24.3 Å². The van der Waals surface area contributed by atoms with E-state index in [4.69, 9.17) is 9.47 Å². The second kappa shape index (κ2) is 8.52. The first-order chi connectivity index (χ1) is 14.0. The van der Waals surface area contributed by atoms with E-state index >= 15 is 0 Å². The standard InChI is InChI=1S/C22H21NO6/c1-3-28-21(26)19-17(13-5-9-15(24)10-6-13)18(14-7-11-16(25)12-8-14)20(23-19)22(27)29-4-2/h5-12,23-25H,3-4H2,1-2H3. The van der Waals surface area contributed by atoms with Gasteiger partial charge in [0.25, 0.3) is 0 Å². The monoisotopic (exact) mass is 395 g/mol. The Balaban J connectivity index is 2.33. The highest BCUT2D eigenvalue weighted by Crippen LogP contribution is 2.39. The van der Waals surface area contributed by atoms with Crippen LogP contribution in [0.5, 0.6) is 11.5 Å². The van der Waals surface area contributed by atoms with Crippen molar-refractivity contribution < 1.29 is 29.3 Å². The lowest BCUT2D eigenvalue weighted by Gasteiger charge is -2.10. The Bertz CT molecular complexity index is 937. The number of aromatic hydroxyl groups is 2. The smallest absolute Gasteiger partial charge is 0.355 e. The number of phenols is 2. The van der Waals surface area contributed by atoms with Gasteiger partial charge in [0.15, 0.2) is 0 Å². The van der Waals surface area contributed by atoms with Crippen LogP contribution in [-0.4, -0.2) is 40.3 Å². The summed E-state index contributed by atoms with van der Waals surface area (Å²) < 4.78 is 10.3. The first kappa shape index (κ1) is 20.0. The Hall–Kier alpha value is -3.74. The van der Waals surface area contributed by atoms with Gasteiger partial charge < -0.3 is 24.7 Å². The van der Waals surface area contributed by atoms with Gasteiger partial charge in [-0.3, -0.25) is 0 Å². The molecule has 0 aliphatic heterocycles. The molecule has 0 atom stereocenters. The average Bonchev–Trinajstić information content (AvgIpc) is 3.10. The number of rotatable bonds is 6. The first-order valence-corrected chi connectivity index (χ1v) is 9.15. The highest BCUT2D eigenvalue weighted by molar-refractivity contribution is 6.08. The quantitative estimate of drug-likeness (QED) is 0.542. The van der Waals surface area contributed by atoms with Gasteiger partial charge in [-0.2, -0.15) is 0 Å². The molecule has 0 saturated carbocycles. The molecule has 0 bridgehead atoms. The van der Waals surface area contributed by atoms with E-state index in [1.807, 2.05) is 0 Å². The van der Waals surface area contributed by atoms with E-state index in [1.165, 1.54) is 24.3 Å². The van der Waals surface area contributed by atoms with Crippen LogP contribution in [0, 0.1) is 0 Å². The lowest BCUT2D eigenvalue weighted by atomic mass is 9.94. The van der Waals surface area contributed by atoms with E-state index < -0.39 is 11.9 Å². The molecule has 1 aromatic heterocycles. The van der Waals surface area contributed by atoms with Crippen LogP contribution in [-0.2, 0) is 9.47 Å². The van der Waals surface area contributed by atoms with Gasteiger partial charge in [0, 0.05) is 11.1 Å². The maximum atomic E-state index is 12.6. The van der Waals surface area contributed by atoms with Crippen molar-refractivity contribution in [3.8, 4) is 33.8 Å². The van der Waals surface area contributed by atoms with Crippen LogP contribution in [0.15, 0.2) is 48.5 Å². The van der Waals surface area contributed by atoms with Crippen LogP contribution >= 0.6 is 0 Å². The van der Waals surface area contributed by atoms with Crippen molar-refractivity contribution >= 4 is 11.9 Å². The van der Waals surface area contributed by atoms with E-state index in [9.17, 15) is 19.8 Å². The molecule has 2 aromatic carbocycles. The molecule has 0 spiro atoms. The van der Waals surface area contributed by atoms with Gasteiger partial charge in [0.2, 0.25) is 0 Å². The normalized spacial score (nSPS) is 10.6.